The van der Waals surface area contributed by atoms with E-state index < -0.39 is 0 Å². The zero-order valence-electron chi connectivity index (χ0n) is 17.8. The van der Waals surface area contributed by atoms with E-state index in [0.717, 1.165) is 24.8 Å². The highest BCUT2D eigenvalue weighted by atomic mass is 35.5. The largest absolute Gasteiger partial charge is 0.465 e. The van der Waals surface area contributed by atoms with Gasteiger partial charge in [-0.25, -0.2) is 5.43 Å². The van der Waals surface area contributed by atoms with Crippen molar-refractivity contribution in [3.05, 3.63) is 46.6 Å². The molecule has 7 heteroatoms. The van der Waals surface area contributed by atoms with Crippen molar-refractivity contribution in [3.63, 3.8) is 0 Å². The molecular formula is C22H32ClN3O3. The zero-order valence-corrected chi connectivity index (χ0v) is 18.5. The lowest BCUT2D eigenvalue weighted by molar-refractivity contribution is -0.151. The minimum Gasteiger partial charge on any atom is -0.465 e. The van der Waals surface area contributed by atoms with Gasteiger partial charge in [0, 0.05) is 5.02 Å². The Hall–Kier alpha value is -2.05. The number of hydrazine groups is 1. The van der Waals surface area contributed by atoms with Crippen LogP contribution in [0.25, 0.3) is 0 Å². The standard InChI is InChI=1S/C20H26ClN3O3.C2H6/c1-3-5-6-16-12-24-18(20(26)23(16)13-19(25)27-4-2)11-17(22-24)14-7-9-15(21)10-8-14;1-2/h7-11,16-17,22H,3-6,12-13H2,1-2H3;1-2H3/t16-,17?;/m0./s1. The van der Waals surface area contributed by atoms with Crippen LogP contribution in [0.2, 0.25) is 5.02 Å². The molecule has 1 fully saturated rings. The van der Waals surface area contributed by atoms with E-state index in [1.54, 1.807) is 11.8 Å². The summed E-state index contributed by atoms with van der Waals surface area (Å²) in [6, 6.07) is 7.47. The van der Waals surface area contributed by atoms with Gasteiger partial charge in [0.25, 0.3) is 5.91 Å². The summed E-state index contributed by atoms with van der Waals surface area (Å²) in [5.41, 5.74) is 5.03. The molecule has 1 amide bonds. The summed E-state index contributed by atoms with van der Waals surface area (Å²) in [5, 5.41) is 2.60. The molecule has 0 saturated carbocycles. The van der Waals surface area contributed by atoms with Crippen molar-refractivity contribution in [1.29, 1.82) is 0 Å². The van der Waals surface area contributed by atoms with E-state index in [1.807, 2.05) is 49.2 Å². The normalized spacial score (nSPS) is 20.6. The lowest BCUT2D eigenvalue weighted by atomic mass is 10.0. The molecule has 0 bridgehead atoms. The van der Waals surface area contributed by atoms with Gasteiger partial charge in [0.2, 0.25) is 0 Å². The van der Waals surface area contributed by atoms with Gasteiger partial charge in [0.05, 0.1) is 25.2 Å². The zero-order chi connectivity index (χ0) is 21.4. The number of esters is 1. The number of unbranched alkanes of at least 4 members (excludes halogenated alkanes) is 1. The third-order valence-corrected chi connectivity index (χ3v) is 5.20. The molecule has 1 aromatic rings. The number of ether oxygens (including phenoxy) is 1. The second-order valence-electron chi connectivity index (χ2n) is 6.85. The van der Waals surface area contributed by atoms with Crippen LogP contribution in [0.4, 0.5) is 0 Å². The SMILES string of the molecule is CC.CCCC[C@H]1CN2NC(c3ccc(Cl)cc3)C=C2C(=O)N1CC(=O)OCC. The average Bonchev–Trinajstić information content (AvgIpc) is 3.15. The summed E-state index contributed by atoms with van der Waals surface area (Å²) in [4.78, 5) is 26.8. The number of hydrogen-bond acceptors (Lipinski definition) is 5. The number of amides is 1. The van der Waals surface area contributed by atoms with Crippen molar-refractivity contribution in [2.24, 2.45) is 0 Å². The van der Waals surface area contributed by atoms with Crippen molar-refractivity contribution in [2.75, 3.05) is 19.7 Å². The highest BCUT2D eigenvalue weighted by molar-refractivity contribution is 6.30. The van der Waals surface area contributed by atoms with Crippen LogP contribution in [-0.4, -0.2) is 47.5 Å². The fourth-order valence-electron chi connectivity index (χ4n) is 3.56. The van der Waals surface area contributed by atoms with Crippen molar-refractivity contribution >= 4 is 23.5 Å². The molecular weight excluding hydrogens is 390 g/mol. The molecule has 0 spiro atoms. The predicted molar refractivity (Wildman–Crippen MR) is 115 cm³/mol. The molecule has 6 nitrogen and oxygen atoms in total. The quantitative estimate of drug-likeness (QED) is 0.672. The van der Waals surface area contributed by atoms with Gasteiger partial charge < -0.3 is 14.6 Å². The molecule has 2 aliphatic heterocycles. The monoisotopic (exact) mass is 421 g/mol. The van der Waals surface area contributed by atoms with Gasteiger partial charge in [-0.3, -0.25) is 9.59 Å². The van der Waals surface area contributed by atoms with E-state index in [2.05, 4.69) is 12.3 Å². The summed E-state index contributed by atoms with van der Waals surface area (Å²) in [6.45, 7) is 8.86. The summed E-state index contributed by atoms with van der Waals surface area (Å²) in [6.07, 6.45) is 4.82. The number of piperazine rings is 1. The molecule has 1 aromatic carbocycles. The highest BCUT2D eigenvalue weighted by Gasteiger charge is 2.40. The Bertz CT molecular complexity index is 721. The van der Waals surface area contributed by atoms with E-state index in [-0.39, 0.29) is 30.5 Å². The van der Waals surface area contributed by atoms with Crippen LogP contribution in [0.15, 0.2) is 36.0 Å². The second-order valence-corrected chi connectivity index (χ2v) is 7.29. The van der Waals surface area contributed by atoms with Crippen LogP contribution in [0.3, 0.4) is 0 Å². The Labute approximate surface area is 178 Å². The smallest absolute Gasteiger partial charge is 0.325 e. The minimum absolute atomic E-state index is 0.00214. The van der Waals surface area contributed by atoms with Crippen molar-refractivity contribution < 1.29 is 14.3 Å². The Kier molecular flexibility index (Phi) is 8.99. The summed E-state index contributed by atoms with van der Waals surface area (Å²) in [7, 11) is 0. The second kappa shape index (κ2) is 11.2. The fraction of sp³-hybridized carbons (Fsp3) is 0.545. The predicted octanol–water partition coefficient (Wildman–Crippen LogP) is 4.08. The number of hydrogen-bond donors (Lipinski definition) is 1. The first-order chi connectivity index (χ1) is 14.0. The van der Waals surface area contributed by atoms with E-state index >= 15 is 0 Å². The first-order valence-electron chi connectivity index (χ1n) is 10.5. The van der Waals surface area contributed by atoms with Crippen LogP contribution in [0.1, 0.15) is 58.6 Å². The molecule has 1 unspecified atom stereocenters. The molecule has 0 radical (unpaired) electrons. The number of rotatable bonds is 7. The Balaban J connectivity index is 0.00000145. The fourth-order valence-corrected chi connectivity index (χ4v) is 3.68. The molecule has 0 aliphatic carbocycles. The van der Waals surface area contributed by atoms with E-state index in [1.165, 1.54) is 0 Å². The van der Waals surface area contributed by atoms with Gasteiger partial charge in [0.15, 0.2) is 0 Å². The first-order valence-corrected chi connectivity index (χ1v) is 10.9. The number of carbonyl (C=O) groups excluding carboxylic acids is 2. The number of nitrogens with zero attached hydrogens (tertiary/aromatic N) is 2. The van der Waals surface area contributed by atoms with Gasteiger partial charge in [-0.05, 0) is 37.1 Å². The van der Waals surface area contributed by atoms with E-state index in [9.17, 15) is 9.59 Å². The number of fused-ring (bicyclic) bond motifs is 1. The average molecular weight is 422 g/mol. The summed E-state index contributed by atoms with van der Waals surface area (Å²) >= 11 is 5.97. The van der Waals surface area contributed by atoms with Gasteiger partial charge in [-0.1, -0.05) is 57.3 Å². The van der Waals surface area contributed by atoms with Crippen LogP contribution < -0.4 is 5.43 Å². The maximum absolute atomic E-state index is 13.1. The number of halogens is 1. The summed E-state index contributed by atoms with van der Waals surface area (Å²) < 4.78 is 5.06. The molecule has 1 saturated heterocycles. The van der Waals surface area contributed by atoms with Gasteiger partial charge in [0.1, 0.15) is 12.2 Å². The third-order valence-electron chi connectivity index (χ3n) is 4.95. The number of benzene rings is 1. The van der Waals surface area contributed by atoms with Crippen LogP contribution in [0.5, 0.6) is 0 Å². The highest BCUT2D eigenvalue weighted by Crippen LogP contribution is 2.31. The molecule has 1 N–H and O–H groups in total. The molecule has 160 valence electrons. The maximum Gasteiger partial charge on any atom is 0.325 e. The van der Waals surface area contributed by atoms with Crippen LogP contribution >= 0.6 is 11.6 Å². The maximum atomic E-state index is 13.1. The Morgan fingerprint density at radius 2 is 1.93 bits per heavy atom. The van der Waals surface area contributed by atoms with Gasteiger partial charge >= 0.3 is 5.97 Å². The molecule has 2 atom stereocenters. The van der Waals surface area contributed by atoms with Crippen molar-refractivity contribution in [1.82, 2.24) is 15.3 Å². The van der Waals surface area contributed by atoms with E-state index in [4.69, 9.17) is 16.3 Å². The van der Waals surface area contributed by atoms with Gasteiger partial charge in [-0.15, -0.1) is 0 Å². The molecule has 29 heavy (non-hydrogen) atoms. The molecule has 2 aliphatic rings. The number of carbonyl (C=O) groups is 2. The van der Waals surface area contributed by atoms with Crippen LogP contribution in [0, 0.1) is 0 Å². The Morgan fingerprint density at radius 1 is 1.24 bits per heavy atom. The molecule has 0 aromatic heterocycles. The lowest BCUT2D eigenvalue weighted by Crippen LogP contribution is -2.57. The first kappa shape index (κ1) is 23.2. The summed E-state index contributed by atoms with van der Waals surface area (Å²) in [5.74, 6) is -0.485. The minimum atomic E-state index is -0.360. The van der Waals surface area contributed by atoms with Crippen LogP contribution in [-0.2, 0) is 14.3 Å². The van der Waals surface area contributed by atoms with Crippen molar-refractivity contribution in [3.8, 4) is 0 Å². The lowest BCUT2D eigenvalue weighted by Gasteiger charge is -2.41. The van der Waals surface area contributed by atoms with Crippen molar-refractivity contribution in [2.45, 2.75) is 59.0 Å². The Morgan fingerprint density at radius 3 is 2.55 bits per heavy atom. The topological polar surface area (TPSA) is 61.9 Å². The number of nitrogens with one attached hydrogen (secondary N) is 1. The molecule has 3 rings (SSSR count). The third kappa shape index (κ3) is 5.73. The molecule has 2 heterocycles. The van der Waals surface area contributed by atoms with E-state index in [0.29, 0.717) is 23.9 Å². The van der Waals surface area contributed by atoms with Gasteiger partial charge in [-0.2, -0.15) is 0 Å².